The lowest BCUT2D eigenvalue weighted by Crippen LogP contribution is -2.17. The first kappa shape index (κ1) is 12.7. The minimum atomic E-state index is -0.197. The van der Waals surface area contributed by atoms with Crippen LogP contribution < -0.4 is 10.2 Å². The van der Waals surface area contributed by atoms with Gasteiger partial charge in [0.1, 0.15) is 11.8 Å². The summed E-state index contributed by atoms with van der Waals surface area (Å²) >= 11 is 0. The average molecular weight is 271 g/mol. The topological polar surface area (TPSA) is 58.4 Å². The Labute approximate surface area is 117 Å². The largest absolute Gasteiger partial charge is 0.372 e. The zero-order chi connectivity index (χ0) is 13.9. The molecule has 2 aromatic rings. The van der Waals surface area contributed by atoms with Gasteiger partial charge in [0.2, 0.25) is 0 Å². The van der Waals surface area contributed by atoms with Crippen molar-refractivity contribution in [3.63, 3.8) is 0 Å². The molecule has 0 atom stereocenters. The van der Waals surface area contributed by atoms with E-state index in [0.29, 0.717) is 11.3 Å². The number of nitrogens with zero attached hydrogens (tertiary/aromatic N) is 2. The summed E-state index contributed by atoms with van der Waals surface area (Å²) in [5.74, 6) is -0.197. The average Bonchev–Trinajstić information content (AvgIpc) is 3.10. The van der Waals surface area contributed by atoms with E-state index < -0.39 is 0 Å². The lowest BCUT2D eigenvalue weighted by Gasteiger charge is -2.17. The van der Waals surface area contributed by atoms with Crippen molar-refractivity contribution < 1.29 is 9.32 Å². The number of aromatic nitrogens is 1. The fourth-order valence-corrected chi connectivity index (χ4v) is 2.44. The molecule has 5 nitrogen and oxygen atoms in total. The van der Waals surface area contributed by atoms with E-state index >= 15 is 0 Å². The van der Waals surface area contributed by atoms with Gasteiger partial charge in [-0.2, -0.15) is 0 Å². The predicted molar refractivity (Wildman–Crippen MR) is 77.1 cm³/mol. The number of rotatable bonds is 3. The van der Waals surface area contributed by atoms with E-state index in [-0.39, 0.29) is 5.91 Å². The summed E-state index contributed by atoms with van der Waals surface area (Å²) in [6.45, 7) is 3.98. The molecule has 0 saturated carbocycles. The molecule has 1 fully saturated rings. The summed E-state index contributed by atoms with van der Waals surface area (Å²) < 4.78 is 4.77. The zero-order valence-corrected chi connectivity index (χ0v) is 11.4. The van der Waals surface area contributed by atoms with Crippen LogP contribution in [0.25, 0.3) is 0 Å². The van der Waals surface area contributed by atoms with Crippen molar-refractivity contribution in [1.29, 1.82) is 0 Å². The number of aryl methyl sites for hydroxylation is 1. The normalized spacial score (nSPS) is 14.6. The van der Waals surface area contributed by atoms with Crippen LogP contribution in [0.5, 0.6) is 0 Å². The second-order valence-corrected chi connectivity index (χ2v) is 5.01. The highest BCUT2D eigenvalue weighted by Gasteiger charge is 2.14. The van der Waals surface area contributed by atoms with Crippen LogP contribution in [-0.2, 0) is 0 Å². The van der Waals surface area contributed by atoms with E-state index in [4.69, 9.17) is 4.52 Å². The first-order valence-electron chi connectivity index (χ1n) is 6.81. The quantitative estimate of drug-likeness (QED) is 0.932. The Balaban J connectivity index is 1.69. The first-order chi connectivity index (χ1) is 9.74. The molecular weight excluding hydrogens is 254 g/mol. The van der Waals surface area contributed by atoms with Gasteiger partial charge in [-0.25, -0.2) is 0 Å². The molecule has 0 unspecified atom stereocenters. The first-order valence-corrected chi connectivity index (χ1v) is 6.81. The number of carbonyl (C=O) groups is 1. The predicted octanol–water partition coefficient (Wildman–Crippen LogP) is 2.84. The molecule has 1 saturated heterocycles. The Bertz CT molecular complexity index is 598. The summed E-state index contributed by atoms with van der Waals surface area (Å²) in [6.07, 6.45) is 3.87. The molecule has 3 rings (SSSR count). The second-order valence-electron chi connectivity index (χ2n) is 5.01. The van der Waals surface area contributed by atoms with E-state index in [1.54, 1.807) is 6.92 Å². The number of hydrogen-bond donors (Lipinski definition) is 1. The van der Waals surface area contributed by atoms with Crippen molar-refractivity contribution in [2.75, 3.05) is 23.3 Å². The number of benzene rings is 1. The van der Waals surface area contributed by atoms with Crippen molar-refractivity contribution in [2.45, 2.75) is 19.8 Å². The molecule has 0 bridgehead atoms. The Morgan fingerprint density at radius 3 is 2.55 bits per heavy atom. The monoisotopic (exact) mass is 271 g/mol. The smallest absolute Gasteiger partial charge is 0.260 e. The van der Waals surface area contributed by atoms with Crippen LogP contribution in [0.4, 0.5) is 11.4 Å². The van der Waals surface area contributed by atoms with Gasteiger partial charge in [0.15, 0.2) is 0 Å². The lowest BCUT2D eigenvalue weighted by molar-refractivity contribution is 0.102. The van der Waals surface area contributed by atoms with Crippen molar-refractivity contribution in [2.24, 2.45) is 0 Å². The number of anilines is 2. The highest BCUT2D eigenvalue weighted by Crippen LogP contribution is 2.22. The van der Waals surface area contributed by atoms with Gasteiger partial charge in [0, 0.05) is 24.5 Å². The van der Waals surface area contributed by atoms with Crippen molar-refractivity contribution in [1.82, 2.24) is 5.16 Å². The van der Waals surface area contributed by atoms with Gasteiger partial charge in [0.05, 0.1) is 5.69 Å². The molecule has 1 N–H and O–H groups in total. The molecular formula is C15H17N3O2. The van der Waals surface area contributed by atoms with Gasteiger partial charge < -0.3 is 14.7 Å². The number of carbonyl (C=O) groups excluding carboxylic acids is 1. The molecule has 0 aliphatic carbocycles. The van der Waals surface area contributed by atoms with E-state index in [1.165, 1.54) is 24.8 Å². The maximum Gasteiger partial charge on any atom is 0.260 e. The van der Waals surface area contributed by atoms with Gasteiger partial charge in [-0.1, -0.05) is 5.16 Å². The van der Waals surface area contributed by atoms with Gasteiger partial charge in [-0.05, 0) is 44.0 Å². The van der Waals surface area contributed by atoms with Crippen molar-refractivity contribution in [3.05, 3.63) is 41.8 Å². The molecule has 1 aliphatic rings. The Morgan fingerprint density at radius 1 is 1.25 bits per heavy atom. The molecule has 1 aliphatic heterocycles. The Kier molecular flexibility index (Phi) is 3.41. The summed E-state index contributed by atoms with van der Waals surface area (Å²) in [7, 11) is 0. The van der Waals surface area contributed by atoms with Crippen LogP contribution in [-0.4, -0.2) is 24.2 Å². The SMILES string of the molecule is Cc1nocc1C(=O)Nc1ccc(N2CCCC2)cc1. The summed E-state index contributed by atoms with van der Waals surface area (Å²) in [4.78, 5) is 14.4. The molecule has 1 aromatic carbocycles. The molecule has 1 amide bonds. The van der Waals surface area contributed by atoms with E-state index in [1.807, 2.05) is 24.3 Å². The number of nitrogens with one attached hydrogen (secondary N) is 1. The minimum Gasteiger partial charge on any atom is -0.372 e. The molecule has 0 radical (unpaired) electrons. The van der Waals surface area contributed by atoms with Gasteiger partial charge >= 0.3 is 0 Å². The van der Waals surface area contributed by atoms with Crippen LogP contribution >= 0.6 is 0 Å². The standard InChI is InChI=1S/C15H17N3O2/c1-11-14(10-20-17-11)15(19)16-12-4-6-13(7-5-12)18-8-2-3-9-18/h4-7,10H,2-3,8-9H2,1H3,(H,16,19). The van der Waals surface area contributed by atoms with Crippen LogP contribution in [0.1, 0.15) is 28.9 Å². The molecule has 104 valence electrons. The number of hydrogen-bond acceptors (Lipinski definition) is 4. The maximum absolute atomic E-state index is 12.0. The summed E-state index contributed by atoms with van der Waals surface area (Å²) in [5.41, 5.74) is 3.05. The van der Waals surface area contributed by atoms with E-state index in [0.717, 1.165) is 18.8 Å². The van der Waals surface area contributed by atoms with Crippen LogP contribution in [0.3, 0.4) is 0 Å². The maximum atomic E-state index is 12.0. The molecule has 2 heterocycles. The van der Waals surface area contributed by atoms with Crippen LogP contribution in [0, 0.1) is 6.92 Å². The van der Waals surface area contributed by atoms with Crippen molar-refractivity contribution >= 4 is 17.3 Å². The fourth-order valence-electron chi connectivity index (χ4n) is 2.44. The van der Waals surface area contributed by atoms with Gasteiger partial charge in [0.25, 0.3) is 5.91 Å². The third-order valence-electron chi connectivity index (χ3n) is 3.59. The fraction of sp³-hybridized carbons (Fsp3) is 0.333. The zero-order valence-electron chi connectivity index (χ0n) is 11.4. The molecule has 5 heteroatoms. The van der Waals surface area contributed by atoms with E-state index in [9.17, 15) is 4.79 Å². The highest BCUT2D eigenvalue weighted by molar-refractivity contribution is 6.04. The third-order valence-corrected chi connectivity index (χ3v) is 3.59. The minimum absolute atomic E-state index is 0.197. The van der Waals surface area contributed by atoms with Gasteiger partial charge in [-0.3, -0.25) is 4.79 Å². The third kappa shape index (κ3) is 2.52. The molecule has 0 spiro atoms. The van der Waals surface area contributed by atoms with E-state index in [2.05, 4.69) is 15.4 Å². The Morgan fingerprint density at radius 2 is 1.95 bits per heavy atom. The van der Waals surface area contributed by atoms with Crippen molar-refractivity contribution in [3.8, 4) is 0 Å². The lowest BCUT2D eigenvalue weighted by atomic mass is 10.2. The highest BCUT2D eigenvalue weighted by atomic mass is 16.5. The Hall–Kier alpha value is -2.30. The van der Waals surface area contributed by atoms with Gasteiger partial charge in [-0.15, -0.1) is 0 Å². The molecule has 1 aromatic heterocycles. The second kappa shape index (κ2) is 5.36. The summed E-state index contributed by atoms with van der Waals surface area (Å²) in [5, 5.41) is 6.55. The van der Waals surface area contributed by atoms with Crippen LogP contribution in [0.2, 0.25) is 0 Å². The molecule has 20 heavy (non-hydrogen) atoms. The summed E-state index contributed by atoms with van der Waals surface area (Å²) in [6, 6.07) is 7.94. The van der Waals surface area contributed by atoms with Crippen LogP contribution in [0.15, 0.2) is 35.1 Å². The number of amides is 1.